The van der Waals surface area contributed by atoms with Crippen LogP contribution in [-0.2, 0) is 0 Å². The predicted octanol–water partition coefficient (Wildman–Crippen LogP) is 2.40. The molecule has 132 valence electrons. The van der Waals surface area contributed by atoms with Crippen LogP contribution >= 0.6 is 0 Å². The van der Waals surface area contributed by atoms with E-state index in [4.69, 9.17) is 4.74 Å². The maximum absolute atomic E-state index is 12.6. The van der Waals surface area contributed by atoms with Crippen molar-refractivity contribution >= 4 is 17.3 Å². The number of piperazine rings is 1. The van der Waals surface area contributed by atoms with Gasteiger partial charge in [-0.1, -0.05) is 6.07 Å². The number of methoxy groups -OCH3 is 1. The molecule has 0 radical (unpaired) electrons. The van der Waals surface area contributed by atoms with E-state index in [1.807, 2.05) is 37.4 Å². The Morgan fingerprint density at radius 2 is 1.92 bits per heavy atom. The van der Waals surface area contributed by atoms with E-state index in [9.17, 15) is 4.79 Å². The average molecular weight is 340 g/mol. The molecule has 0 atom stereocenters. The second-order valence-corrected chi connectivity index (χ2v) is 6.38. The number of rotatable bonds is 4. The molecule has 25 heavy (non-hydrogen) atoms. The average Bonchev–Trinajstić information content (AvgIpc) is 2.62. The van der Waals surface area contributed by atoms with Gasteiger partial charge in [0.2, 0.25) is 0 Å². The van der Waals surface area contributed by atoms with Crippen LogP contribution in [0.25, 0.3) is 0 Å². The fraction of sp³-hybridized carbons (Fsp3) is 0.368. The first kappa shape index (κ1) is 17.2. The molecule has 6 heteroatoms. The van der Waals surface area contributed by atoms with Crippen LogP contribution in [0.5, 0.6) is 5.75 Å². The summed E-state index contributed by atoms with van der Waals surface area (Å²) in [4.78, 5) is 21.5. The lowest BCUT2D eigenvalue weighted by molar-refractivity contribution is 0.102. The summed E-state index contributed by atoms with van der Waals surface area (Å²) < 4.78 is 5.32. The maximum atomic E-state index is 12.6. The Hall–Kier alpha value is -2.60. The number of aryl methyl sites for hydroxylation is 1. The zero-order valence-electron chi connectivity index (χ0n) is 15.0. The topological polar surface area (TPSA) is 57.7 Å². The van der Waals surface area contributed by atoms with Crippen LogP contribution in [0.4, 0.5) is 11.4 Å². The van der Waals surface area contributed by atoms with Crippen molar-refractivity contribution in [1.29, 1.82) is 0 Å². The van der Waals surface area contributed by atoms with Crippen molar-refractivity contribution in [2.45, 2.75) is 6.92 Å². The summed E-state index contributed by atoms with van der Waals surface area (Å²) in [5.41, 5.74) is 3.25. The highest BCUT2D eigenvalue weighted by Crippen LogP contribution is 2.26. The molecule has 1 N–H and O–H groups in total. The van der Waals surface area contributed by atoms with E-state index in [1.165, 1.54) is 0 Å². The summed E-state index contributed by atoms with van der Waals surface area (Å²) in [6.07, 6.45) is 3.41. The fourth-order valence-corrected chi connectivity index (χ4v) is 2.90. The van der Waals surface area contributed by atoms with Crippen molar-refractivity contribution in [2.75, 3.05) is 50.6 Å². The summed E-state index contributed by atoms with van der Waals surface area (Å²) in [5, 5.41) is 2.93. The van der Waals surface area contributed by atoms with Gasteiger partial charge in [0, 0.05) is 32.4 Å². The smallest absolute Gasteiger partial charge is 0.257 e. The maximum Gasteiger partial charge on any atom is 0.257 e. The van der Waals surface area contributed by atoms with Gasteiger partial charge in [-0.2, -0.15) is 0 Å². The zero-order chi connectivity index (χ0) is 17.8. The van der Waals surface area contributed by atoms with E-state index < -0.39 is 0 Å². The summed E-state index contributed by atoms with van der Waals surface area (Å²) in [7, 11) is 3.71. The number of hydrogen-bond acceptors (Lipinski definition) is 5. The zero-order valence-corrected chi connectivity index (χ0v) is 15.0. The van der Waals surface area contributed by atoms with Gasteiger partial charge in [0.25, 0.3) is 5.91 Å². The molecule has 1 saturated heterocycles. The number of anilines is 2. The minimum absolute atomic E-state index is 0.188. The number of nitrogens with one attached hydrogen (secondary N) is 1. The molecule has 1 aliphatic rings. The number of likely N-dealkylation sites (N-methyl/N-ethyl adjacent to an activating group) is 1. The number of carbonyl (C=O) groups excluding carboxylic acids is 1. The van der Waals surface area contributed by atoms with Crippen molar-refractivity contribution < 1.29 is 9.53 Å². The monoisotopic (exact) mass is 340 g/mol. The van der Waals surface area contributed by atoms with Crippen LogP contribution in [0, 0.1) is 6.92 Å². The first-order valence-electron chi connectivity index (χ1n) is 8.41. The minimum atomic E-state index is -0.188. The molecule has 0 unspecified atom stereocenters. The number of benzene rings is 1. The third-order valence-electron chi connectivity index (χ3n) is 4.46. The molecule has 1 aliphatic heterocycles. The highest BCUT2D eigenvalue weighted by atomic mass is 16.5. The van der Waals surface area contributed by atoms with Crippen LogP contribution in [0.2, 0.25) is 0 Å². The van der Waals surface area contributed by atoms with E-state index in [1.54, 1.807) is 13.3 Å². The molecule has 2 aromatic rings. The first-order chi connectivity index (χ1) is 12.1. The summed E-state index contributed by atoms with van der Waals surface area (Å²) in [6, 6.07) is 7.60. The van der Waals surface area contributed by atoms with Crippen LogP contribution in [0.3, 0.4) is 0 Å². The molecule has 3 rings (SSSR count). The molecule has 2 heterocycles. The molecule has 1 aromatic carbocycles. The quantitative estimate of drug-likeness (QED) is 0.926. The molecule has 1 aromatic heterocycles. The number of nitrogens with zero attached hydrogens (tertiary/aromatic N) is 3. The van der Waals surface area contributed by atoms with Crippen LogP contribution in [0.15, 0.2) is 36.7 Å². The lowest BCUT2D eigenvalue weighted by Crippen LogP contribution is -2.44. The Kier molecular flexibility index (Phi) is 5.19. The Morgan fingerprint density at radius 1 is 1.16 bits per heavy atom. The third kappa shape index (κ3) is 4.09. The molecular weight excluding hydrogens is 316 g/mol. The lowest BCUT2D eigenvalue weighted by Gasteiger charge is -2.33. The first-order valence-corrected chi connectivity index (χ1v) is 8.41. The molecule has 0 saturated carbocycles. The van der Waals surface area contributed by atoms with Crippen molar-refractivity contribution in [3.05, 3.63) is 47.8 Å². The van der Waals surface area contributed by atoms with Crippen molar-refractivity contribution in [3.63, 3.8) is 0 Å². The normalized spacial score (nSPS) is 15.1. The Labute approximate surface area is 148 Å². The van der Waals surface area contributed by atoms with E-state index in [0.29, 0.717) is 17.0 Å². The van der Waals surface area contributed by atoms with E-state index in [0.717, 1.165) is 37.4 Å². The highest BCUT2D eigenvalue weighted by molar-refractivity contribution is 6.05. The second kappa shape index (κ2) is 7.53. The summed E-state index contributed by atoms with van der Waals surface area (Å²) >= 11 is 0. The summed E-state index contributed by atoms with van der Waals surface area (Å²) in [6.45, 7) is 5.88. The molecule has 6 nitrogen and oxygen atoms in total. The van der Waals surface area contributed by atoms with Gasteiger partial charge in [-0.25, -0.2) is 0 Å². The van der Waals surface area contributed by atoms with Crippen LogP contribution in [-0.4, -0.2) is 56.1 Å². The Morgan fingerprint density at radius 3 is 2.64 bits per heavy atom. The molecule has 0 bridgehead atoms. The molecule has 0 spiro atoms. The minimum Gasteiger partial charge on any atom is -0.495 e. The van der Waals surface area contributed by atoms with Crippen molar-refractivity contribution in [2.24, 2.45) is 0 Å². The van der Waals surface area contributed by atoms with Gasteiger partial charge in [-0.05, 0) is 37.7 Å². The van der Waals surface area contributed by atoms with E-state index >= 15 is 0 Å². The molecular formula is C19H24N4O2. The van der Waals surface area contributed by atoms with Gasteiger partial charge in [0.1, 0.15) is 5.75 Å². The van der Waals surface area contributed by atoms with Gasteiger partial charge in [0.15, 0.2) is 0 Å². The van der Waals surface area contributed by atoms with Gasteiger partial charge in [-0.15, -0.1) is 0 Å². The number of carbonyl (C=O) groups is 1. The van der Waals surface area contributed by atoms with E-state index in [2.05, 4.69) is 27.1 Å². The Balaban J connectivity index is 1.77. The molecule has 0 aliphatic carbocycles. The van der Waals surface area contributed by atoms with E-state index in [-0.39, 0.29) is 5.91 Å². The lowest BCUT2D eigenvalue weighted by atomic mass is 10.2. The van der Waals surface area contributed by atoms with Gasteiger partial charge in [0.05, 0.1) is 30.2 Å². The number of aromatic nitrogens is 1. The predicted molar refractivity (Wildman–Crippen MR) is 99.6 cm³/mol. The van der Waals surface area contributed by atoms with Gasteiger partial charge < -0.3 is 19.9 Å². The fourth-order valence-electron chi connectivity index (χ4n) is 2.90. The van der Waals surface area contributed by atoms with Crippen molar-refractivity contribution in [3.8, 4) is 5.75 Å². The summed E-state index contributed by atoms with van der Waals surface area (Å²) in [5.74, 6) is 0.453. The molecule has 1 amide bonds. The van der Waals surface area contributed by atoms with Gasteiger partial charge >= 0.3 is 0 Å². The van der Waals surface area contributed by atoms with Gasteiger partial charge in [-0.3, -0.25) is 9.78 Å². The van der Waals surface area contributed by atoms with Crippen molar-refractivity contribution in [1.82, 2.24) is 9.88 Å². The third-order valence-corrected chi connectivity index (χ3v) is 4.46. The SMILES string of the molecule is COc1ccc(C)cc1NC(=O)c1cncc(N2CCN(C)CC2)c1. The number of pyridine rings is 1. The highest BCUT2D eigenvalue weighted by Gasteiger charge is 2.17. The Bertz CT molecular complexity index is 755. The molecule has 1 fully saturated rings. The number of amides is 1. The standard InChI is InChI=1S/C19H24N4O2/c1-14-4-5-18(25-3)17(10-14)21-19(24)15-11-16(13-20-12-15)23-8-6-22(2)7-9-23/h4-5,10-13H,6-9H2,1-3H3,(H,21,24). The number of hydrogen-bond donors (Lipinski definition) is 1. The second-order valence-electron chi connectivity index (χ2n) is 6.38. The van der Waals surface area contributed by atoms with Crippen LogP contribution in [0.1, 0.15) is 15.9 Å². The number of ether oxygens (including phenoxy) is 1. The van der Waals surface area contributed by atoms with Crippen LogP contribution < -0.4 is 15.0 Å². The largest absolute Gasteiger partial charge is 0.495 e.